The van der Waals surface area contributed by atoms with E-state index in [4.69, 9.17) is 0 Å². The van der Waals surface area contributed by atoms with Crippen LogP contribution in [0.15, 0.2) is 49.2 Å². The molecule has 0 aliphatic carbocycles. The second kappa shape index (κ2) is 11.2. The summed E-state index contributed by atoms with van der Waals surface area (Å²) in [6.07, 6.45) is -10.5. The number of carbonyl (C=O) groups is 2. The summed E-state index contributed by atoms with van der Waals surface area (Å²) >= 11 is 0. The van der Waals surface area contributed by atoms with Gasteiger partial charge < -0.3 is 16.0 Å². The van der Waals surface area contributed by atoms with Crippen LogP contribution in [0, 0.1) is 6.92 Å². The maximum absolute atomic E-state index is 14.4. The van der Waals surface area contributed by atoms with Gasteiger partial charge in [-0.25, -0.2) is 12.8 Å². The molecule has 2 aromatic rings. The summed E-state index contributed by atoms with van der Waals surface area (Å²) in [5.74, 6) is -2.25. The van der Waals surface area contributed by atoms with Crippen molar-refractivity contribution in [1.29, 1.82) is 0 Å². The third-order valence-corrected chi connectivity index (χ3v) is 6.48. The highest BCUT2D eigenvalue weighted by Gasteiger charge is 2.73. The molecule has 0 aliphatic heterocycles. The molecule has 15 heteroatoms. The van der Waals surface area contributed by atoms with Crippen LogP contribution in [-0.2, 0) is 15.5 Å². The van der Waals surface area contributed by atoms with Crippen molar-refractivity contribution < 1.29 is 48.7 Å². The Bertz CT molecular complexity index is 1360. The van der Waals surface area contributed by atoms with Gasteiger partial charge in [0.2, 0.25) is 0 Å². The second-order valence-electron chi connectivity index (χ2n) is 8.68. The highest BCUT2D eigenvalue weighted by molar-refractivity contribution is 7.90. The van der Waals surface area contributed by atoms with Gasteiger partial charge in [-0.05, 0) is 43.8 Å². The molecule has 2 amide bonds. The van der Waals surface area contributed by atoms with Crippen LogP contribution in [0.25, 0.3) is 0 Å². The predicted molar refractivity (Wildman–Crippen MR) is 131 cm³/mol. The minimum Gasteiger partial charge on any atom is -0.362 e. The number of hydrogen-bond donors (Lipinski definition) is 3. The van der Waals surface area contributed by atoms with E-state index in [1.165, 1.54) is 31.3 Å². The molecule has 7 nitrogen and oxygen atoms in total. The molecule has 0 fully saturated rings. The molecular weight excluding hydrogens is 559 g/mol. The number of rotatable bonds is 9. The predicted octanol–water partition coefficient (Wildman–Crippen LogP) is 5.26. The van der Waals surface area contributed by atoms with Crippen LogP contribution >= 0.6 is 0 Å². The number of alkyl halides is 7. The maximum Gasteiger partial charge on any atom is 0.435 e. The number of anilines is 2. The van der Waals surface area contributed by atoms with Gasteiger partial charge in [0.1, 0.15) is 9.84 Å². The Hall–Kier alpha value is -3.62. The molecule has 2 rings (SSSR count). The summed E-state index contributed by atoms with van der Waals surface area (Å²) in [5, 5.41) is 7.38. The fraction of sp³-hybridized carbons (Fsp3) is 0.333. The van der Waals surface area contributed by atoms with Crippen molar-refractivity contribution >= 4 is 33.0 Å². The number of aryl methyl sites for hydroxylation is 1. The SMILES string of the molecule is C=CNc1cccc(C(=O)Nc2ccc(C(F)(C(F)(F)F)C(F)(F)F)cc2C)c1C(=O)NC(C)CS(C)(=O)=O. The number of amides is 2. The summed E-state index contributed by atoms with van der Waals surface area (Å²) in [4.78, 5) is 26.1. The van der Waals surface area contributed by atoms with Gasteiger partial charge >= 0.3 is 18.0 Å². The average molecular weight is 584 g/mol. The molecule has 2 aromatic carbocycles. The van der Waals surface area contributed by atoms with E-state index in [-0.39, 0.29) is 34.1 Å². The van der Waals surface area contributed by atoms with Crippen molar-refractivity contribution in [2.45, 2.75) is 37.9 Å². The van der Waals surface area contributed by atoms with Gasteiger partial charge in [0.05, 0.1) is 22.6 Å². The molecule has 0 saturated heterocycles. The smallest absolute Gasteiger partial charge is 0.362 e. The van der Waals surface area contributed by atoms with Crippen LogP contribution in [0.5, 0.6) is 0 Å². The van der Waals surface area contributed by atoms with Gasteiger partial charge in [-0.3, -0.25) is 9.59 Å². The van der Waals surface area contributed by atoms with E-state index in [0.717, 1.165) is 13.2 Å². The van der Waals surface area contributed by atoms with E-state index in [0.29, 0.717) is 12.1 Å². The van der Waals surface area contributed by atoms with Crippen LogP contribution in [-0.4, -0.2) is 50.6 Å². The Labute approximate surface area is 219 Å². The van der Waals surface area contributed by atoms with Crippen LogP contribution in [0.4, 0.5) is 42.1 Å². The first kappa shape index (κ1) is 31.6. The number of sulfone groups is 1. The Morgan fingerprint density at radius 1 is 0.974 bits per heavy atom. The van der Waals surface area contributed by atoms with Crippen molar-refractivity contribution in [1.82, 2.24) is 5.32 Å². The number of hydrogen-bond acceptors (Lipinski definition) is 5. The molecule has 0 radical (unpaired) electrons. The van der Waals surface area contributed by atoms with Crippen LogP contribution in [0.3, 0.4) is 0 Å². The van der Waals surface area contributed by atoms with E-state index >= 15 is 0 Å². The average Bonchev–Trinajstić information content (AvgIpc) is 2.76. The fourth-order valence-corrected chi connectivity index (χ4v) is 4.70. The Kier molecular flexibility index (Phi) is 9.11. The zero-order valence-electron chi connectivity index (χ0n) is 20.7. The molecule has 0 spiro atoms. The molecule has 0 aliphatic rings. The van der Waals surface area contributed by atoms with Gasteiger partial charge in [-0.1, -0.05) is 24.8 Å². The Morgan fingerprint density at radius 3 is 2.05 bits per heavy atom. The minimum atomic E-state index is -6.31. The Balaban J connectivity index is 2.48. The Morgan fingerprint density at radius 2 is 1.56 bits per heavy atom. The third kappa shape index (κ3) is 7.07. The monoisotopic (exact) mass is 583 g/mol. The number of benzene rings is 2. The van der Waals surface area contributed by atoms with Gasteiger partial charge in [0.25, 0.3) is 11.8 Å². The summed E-state index contributed by atoms with van der Waals surface area (Å²) in [5.41, 5.74) is -8.40. The molecule has 0 bridgehead atoms. The lowest BCUT2D eigenvalue weighted by atomic mass is 9.92. The van der Waals surface area contributed by atoms with E-state index in [9.17, 15) is 48.7 Å². The molecule has 1 unspecified atom stereocenters. The number of carbonyl (C=O) groups excluding carboxylic acids is 2. The summed E-state index contributed by atoms with van der Waals surface area (Å²) in [7, 11) is -3.47. The van der Waals surface area contributed by atoms with Gasteiger partial charge in [0.15, 0.2) is 0 Å². The lowest BCUT2D eigenvalue weighted by Crippen LogP contribution is -2.50. The molecular formula is C24H24F7N3O4S. The van der Waals surface area contributed by atoms with Crippen molar-refractivity contribution in [3.05, 3.63) is 71.4 Å². The third-order valence-electron chi connectivity index (χ3n) is 5.38. The quantitative estimate of drug-likeness (QED) is 0.350. The number of nitrogens with one attached hydrogen (secondary N) is 3. The summed E-state index contributed by atoms with van der Waals surface area (Å²) in [6.45, 7) is 5.94. The standard InChI is InChI=1S/C24H24F7N3O4S/c1-5-32-18-8-6-7-16(19(18)21(36)33-14(3)12-39(4,37)38)20(35)34-17-10-9-15(11-13(17)2)22(25,23(26,27)28)24(29,30)31/h5-11,14,32H,1,12H2,2-4H3,(H,33,36)(H,34,35). The van der Waals surface area contributed by atoms with Crippen molar-refractivity contribution in [2.24, 2.45) is 0 Å². The first-order valence-corrected chi connectivity index (χ1v) is 13.0. The van der Waals surface area contributed by atoms with E-state index in [1.807, 2.05) is 0 Å². The largest absolute Gasteiger partial charge is 0.435 e. The van der Waals surface area contributed by atoms with Crippen molar-refractivity contribution in [3.8, 4) is 0 Å². The van der Waals surface area contributed by atoms with E-state index in [2.05, 4.69) is 22.5 Å². The van der Waals surface area contributed by atoms with Crippen molar-refractivity contribution in [3.63, 3.8) is 0 Å². The van der Waals surface area contributed by atoms with Gasteiger partial charge in [0, 0.05) is 23.5 Å². The molecule has 0 saturated carbocycles. The zero-order chi connectivity index (χ0) is 30.0. The van der Waals surface area contributed by atoms with E-state index in [1.54, 1.807) is 0 Å². The lowest BCUT2D eigenvalue weighted by Gasteiger charge is -2.30. The highest BCUT2D eigenvalue weighted by atomic mass is 32.2. The molecule has 3 N–H and O–H groups in total. The second-order valence-corrected chi connectivity index (χ2v) is 10.9. The first-order chi connectivity index (χ1) is 17.7. The first-order valence-electron chi connectivity index (χ1n) is 11.0. The molecule has 0 heterocycles. The molecule has 0 aromatic heterocycles. The molecule has 214 valence electrons. The van der Waals surface area contributed by atoms with Gasteiger partial charge in [-0.15, -0.1) is 0 Å². The normalized spacial score (nSPS) is 13.4. The molecule has 39 heavy (non-hydrogen) atoms. The lowest BCUT2D eigenvalue weighted by molar-refractivity contribution is -0.348. The maximum atomic E-state index is 14.4. The fourth-order valence-electron chi connectivity index (χ4n) is 3.70. The topological polar surface area (TPSA) is 104 Å². The minimum absolute atomic E-state index is 0.0892. The van der Waals surface area contributed by atoms with Crippen LogP contribution in [0.2, 0.25) is 0 Å². The molecule has 1 atom stereocenters. The summed E-state index contributed by atoms with van der Waals surface area (Å²) in [6, 6.07) is 4.36. The zero-order valence-corrected chi connectivity index (χ0v) is 21.5. The van der Waals surface area contributed by atoms with Crippen LogP contribution < -0.4 is 16.0 Å². The highest BCUT2D eigenvalue weighted by Crippen LogP contribution is 2.53. The van der Waals surface area contributed by atoms with Crippen molar-refractivity contribution in [2.75, 3.05) is 22.6 Å². The van der Waals surface area contributed by atoms with Crippen LogP contribution in [0.1, 0.15) is 38.8 Å². The van der Waals surface area contributed by atoms with Gasteiger partial charge in [-0.2, -0.15) is 26.3 Å². The summed E-state index contributed by atoms with van der Waals surface area (Å²) < 4.78 is 116. The van der Waals surface area contributed by atoms with E-state index < -0.39 is 57.0 Å². The number of halogens is 7.